The van der Waals surface area contributed by atoms with Crippen molar-refractivity contribution in [2.75, 3.05) is 11.4 Å². The van der Waals surface area contributed by atoms with Crippen LogP contribution >= 0.6 is 11.6 Å². The van der Waals surface area contributed by atoms with E-state index < -0.39 is 11.6 Å². The Morgan fingerprint density at radius 1 is 1.16 bits per heavy atom. The second-order valence-electron chi connectivity index (χ2n) is 6.12. The molecule has 1 heterocycles. The first-order chi connectivity index (χ1) is 11.8. The molecule has 3 nitrogen and oxygen atoms in total. The van der Waals surface area contributed by atoms with Gasteiger partial charge in [-0.05, 0) is 49.6 Å². The molecule has 1 fully saturated rings. The van der Waals surface area contributed by atoms with Crippen LogP contribution in [0.15, 0.2) is 24.3 Å². The van der Waals surface area contributed by atoms with Crippen LogP contribution in [0, 0.1) is 18.6 Å². The number of carbonyl (C=O) groups excluding carboxylic acids is 2. The summed E-state index contributed by atoms with van der Waals surface area (Å²) < 4.78 is 27.6. The van der Waals surface area contributed by atoms with Crippen LogP contribution < -0.4 is 4.90 Å². The van der Waals surface area contributed by atoms with Crippen LogP contribution in [0.25, 0.3) is 11.1 Å². The van der Waals surface area contributed by atoms with Gasteiger partial charge in [-0.3, -0.25) is 9.59 Å². The Morgan fingerprint density at radius 3 is 2.32 bits per heavy atom. The predicted octanol–water partition coefficient (Wildman–Crippen LogP) is 4.92. The molecule has 3 rings (SSSR count). The molecule has 1 saturated heterocycles. The summed E-state index contributed by atoms with van der Waals surface area (Å²) >= 11 is 6.27. The molecule has 0 aromatic heterocycles. The van der Waals surface area contributed by atoms with E-state index in [0.717, 1.165) is 18.2 Å². The summed E-state index contributed by atoms with van der Waals surface area (Å²) in [6.45, 7) is 3.56. The van der Waals surface area contributed by atoms with E-state index in [1.54, 1.807) is 11.8 Å². The highest BCUT2D eigenvalue weighted by atomic mass is 35.5. The summed E-state index contributed by atoms with van der Waals surface area (Å²) in [5.41, 5.74) is 1.82. The normalized spacial score (nSPS) is 14.3. The van der Waals surface area contributed by atoms with Gasteiger partial charge in [-0.25, -0.2) is 8.78 Å². The first-order valence-corrected chi connectivity index (χ1v) is 8.28. The summed E-state index contributed by atoms with van der Waals surface area (Å²) in [5.74, 6) is -1.90. The lowest BCUT2D eigenvalue weighted by atomic mass is 9.92. The molecule has 130 valence electrons. The van der Waals surface area contributed by atoms with E-state index in [4.69, 9.17) is 11.6 Å². The predicted molar refractivity (Wildman–Crippen MR) is 93.1 cm³/mol. The topological polar surface area (TPSA) is 37.4 Å². The highest BCUT2D eigenvalue weighted by Gasteiger charge is 2.29. The lowest BCUT2D eigenvalue weighted by Crippen LogP contribution is -2.26. The Labute approximate surface area is 149 Å². The minimum atomic E-state index is -0.754. The molecule has 0 aliphatic carbocycles. The van der Waals surface area contributed by atoms with Gasteiger partial charge in [-0.2, -0.15) is 0 Å². The van der Waals surface area contributed by atoms with Crippen LogP contribution in [0.2, 0.25) is 5.02 Å². The molecule has 1 aliphatic rings. The second-order valence-corrected chi connectivity index (χ2v) is 6.52. The molecule has 0 N–H and O–H groups in total. The van der Waals surface area contributed by atoms with E-state index in [-0.39, 0.29) is 22.8 Å². The maximum atomic E-state index is 13.8. The number of anilines is 1. The number of hydrogen-bond acceptors (Lipinski definition) is 2. The maximum absolute atomic E-state index is 13.8. The Balaban J connectivity index is 2.39. The molecule has 0 saturated carbocycles. The number of carbonyl (C=O) groups is 2. The number of hydrogen-bond donors (Lipinski definition) is 0. The Bertz CT molecular complexity index is 875. The first kappa shape index (κ1) is 17.5. The molecule has 1 amide bonds. The fourth-order valence-corrected chi connectivity index (χ4v) is 3.42. The summed E-state index contributed by atoms with van der Waals surface area (Å²) in [7, 11) is 0. The smallest absolute Gasteiger partial charge is 0.227 e. The fourth-order valence-electron chi connectivity index (χ4n) is 3.23. The van der Waals surface area contributed by atoms with E-state index in [2.05, 4.69) is 0 Å². The van der Waals surface area contributed by atoms with Crippen molar-refractivity contribution in [3.63, 3.8) is 0 Å². The van der Waals surface area contributed by atoms with Gasteiger partial charge in [0.2, 0.25) is 5.91 Å². The Hall–Kier alpha value is -2.27. The number of amides is 1. The van der Waals surface area contributed by atoms with Crippen molar-refractivity contribution in [3.8, 4) is 11.1 Å². The maximum Gasteiger partial charge on any atom is 0.227 e. The number of benzene rings is 2. The van der Waals surface area contributed by atoms with Crippen LogP contribution in [0.1, 0.15) is 35.7 Å². The highest BCUT2D eigenvalue weighted by molar-refractivity contribution is 6.33. The highest BCUT2D eigenvalue weighted by Crippen LogP contribution is 2.42. The van der Waals surface area contributed by atoms with Crippen LogP contribution in [-0.4, -0.2) is 18.2 Å². The standard InChI is InChI=1S/C19H16ClF2NO2/c1-10-16(20)9-15(11(2)24)18(12-6-13(21)8-14(22)7-12)19(10)23-5-3-4-17(23)25/h6-9H,3-5H2,1-2H3. The number of halogens is 3. The molecule has 0 bridgehead atoms. The van der Waals surface area contributed by atoms with Crippen LogP contribution in [0.5, 0.6) is 0 Å². The van der Waals surface area contributed by atoms with Crippen molar-refractivity contribution < 1.29 is 18.4 Å². The molecule has 6 heteroatoms. The van der Waals surface area contributed by atoms with Crippen molar-refractivity contribution >= 4 is 29.0 Å². The largest absolute Gasteiger partial charge is 0.311 e. The molecule has 0 atom stereocenters. The third kappa shape index (κ3) is 3.16. The van der Waals surface area contributed by atoms with Crippen molar-refractivity contribution in [1.82, 2.24) is 0 Å². The lowest BCUT2D eigenvalue weighted by Gasteiger charge is -2.25. The zero-order chi connectivity index (χ0) is 18.3. The number of rotatable bonds is 3. The van der Waals surface area contributed by atoms with Gasteiger partial charge in [0.25, 0.3) is 0 Å². The minimum Gasteiger partial charge on any atom is -0.311 e. The van der Waals surface area contributed by atoms with Gasteiger partial charge < -0.3 is 4.90 Å². The molecular weight excluding hydrogens is 348 g/mol. The molecule has 25 heavy (non-hydrogen) atoms. The van der Waals surface area contributed by atoms with Crippen molar-refractivity contribution in [3.05, 3.63) is 52.0 Å². The second kappa shape index (κ2) is 6.56. The van der Waals surface area contributed by atoms with Gasteiger partial charge in [0.1, 0.15) is 11.6 Å². The average Bonchev–Trinajstić information content (AvgIpc) is 2.94. The van der Waals surface area contributed by atoms with Crippen molar-refractivity contribution in [1.29, 1.82) is 0 Å². The quantitative estimate of drug-likeness (QED) is 0.725. The van der Waals surface area contributed by atoms with Crippen molar-refractivity contribution in [2.24, 2.45) is 0 Å². The van der Waals surface area contributed by atoms with E-state index in [9.17, 15) is 18.4 Å². The van der Waals surface area contributed by atoms with Gasteiger partial charge >= 0.3 is 0 Å². The summed E-state index contributed by atoms with van der Waals surface area (Å²) in [6.07, 6.45) is 1.06. The molecule has 0 unspecified atom stereocenters. The molecule has 2 aromatic rings. The fraction of sp³-hybridized carbons (Fsp3) is 0.263. The first-order valence-electron chi connectivity index (χ1n) is 7.90. The third-order valence-corrected chi connectivity index (χ3v) is 4.76. The Kier molecular flexibility index (Phi) is 4.60. The van der Waals surface area contributed by atoms with Gasteiger partial charge in [-0.1, -0.05) is 11.6 Å². The average molecular weight is 364 g/mol. The number of Topliss-reactive ketones (excluding diaryl/α,β-unsaturated/α-hetero) is 1. The van der Waals surface area contributed by atoms with Gasteiger partial charge in [0, 0.05) is 35.2 Å². The summed E-state index contributed by atoms with van der Waals surface area (Å²) in [6, 6.07) is 4.56. The summed E-state index contributed by atoms with van der Waals surface area (Å²) in [4.78, 5) is 26.0. The molecule has 1 aliphatic heterocycles. The van der Waals surface area contributed by atoms with Crippen LogP contribution in [-0.2, 0) is 4.79 Å². The van der Waals surface area contributed by atoms with Crippen molar-refractivity contribution in [2.45, 2.75) is 26.7 Å². The molecule has 2 aromatic carbocycles. The molecule has 0 spiro atoms. The minimum absolute atomic E-state index is 0.0991. The van der Waals surface area contributed by atoms with Gasteiger partial charge in [0.15, 0.2) is 5.78 Å². The van der Waals surface area contributed by atoms with Gasteiger partial charge in [0.05, 0.1) is 5.69 Å². The number of ketones is 1. The summed E-state index contributed by atoms with van der Waals surface area (Å²) in [5, 5.41) is 0.334. The van der Waals surface area contributed by atoms with E-state index in [0.29, 0.717) is 41.2 Å². The van der Waals surface area contributed by atoms with Gasteiger partial charge in [-0.15, -0.1) is 0 Å². The molecular formula is C19H16ClF2NO2. The SMILES string of the molecule is CC(=O)c1cc(Cl)c(C)c(N2CCCC2=O)c1-c1cc(F)cc(F)c1. The van der Waals surface area contributed by atoms with Crippen LogP contribution in [0.3, 0.4) is 0 Å². The zero-order valence-corrected chi connectivity index (χ0v) is 14.6. The monoisotopic (exact) mass is 363 g/mol. The zero-order valence-electron chi connectivity index (χ0n) is 13.8. The number of nitrogens with zero attached hydrogens (tertiary/aromatic N) is 1. The van der Waals surface area contributed by atoms with Crippen LogP contribution in [0.4, 0.5) is 14.5 Å². The molecule has 0 radical (unpaired) electrons. The lowest BCUT2D eigenvalue weighted by molar-refractivity contribution is -0.117. The van der Waals surface area contributed by atoms with E-state index in [1.807, 2.05) is 0 Å². The Morgan fingerprint density at radius 2 is 1.80 bits per heavy atom. The third-order valence-electron chi connectivity index (χ3n) is 4.36. The van der Waals surface area contributed by atoms with E-state index in [1.165, 1.54) is 13.0 Å². The van der Waals surface area contributed by atoms with E-state index >= 15 is 0 Å².